The molecule has 1 N–H and O–H groups in total. The van der Waals surface area contributed by atoms with Gasteiger partial charge in [0, 0.05) is 26.2 Å². The van der Waals surface area contributed by atoms with Gasteiger partial charge in [0.25, 0.3) is 0 Å². The van der Waals surface area contributed by atoms with Crippen LogP contribution in [0.3, 0.4) is 0 Å². The monoisotopic (exact) mass is 426 g/mol. The molecule has 2 saturated heterocycles. The van der Waals surface area contributed by atoms with E-state index in [4.69, 9.17) is 11.6 Å². The first-order valence-electron chi connectivity index (χ1n) is 9.43. The molecule has 1 aromatic heterocycles. The van der Waals surface area contributed by atoms with Crippen LogP contribution in [0.2, 0.25) is 5.15 Å². The molecule has 5 rings (SSSR count). The third-order valence-electron chi connectivity index (χ3n) is 5.26. The predicted octanol–water partition coefficient (Wildman–Crippen LogP) is 2.81. The van der Waals surface area contributed by atoms with Gasteiger partial charge in [-0.1, -0.05) is 48.0 Å². The van der Waals surface area contributed by atoms with Crippen LogP contribution >= 0.6 is 23.3 Å². The molecule has 0 bridgehead atoms. The lowest BCUT2D eigenvalue weighted by Crippen LogP contribution is -2.56. The van der Waals surface area contributed by atoms with Gasteiger partial charge in [-0.15, -0.1) is 5.12 Å². The number of ketones is 1. The third kappa shape index (κ3) is 3.72. The van der Waals surface area contributed by atoms with E-state index in [2.05, 4.69) is 48.3 Å². The maximum atomic E-state index is 12.5. The van der Waals surface area contributed by atoms with Crippen molar-refractivity contribution in [3.8, 4) is 0 Å². The van der Waals surface area contributed by atoms with Gasteiger partial charge in [-0.25, -0.2) is 5.01 Å². The van der Waals surface area contributed by atoms with Crippen molar-refractivity contribution in [2.45, 2.75) is 0 Å². The van der Waals surface area contributed by atoms with Crippen molar-refractivity contribution in [3.63, 3.8) is 0 Å². The number of nitrogens with one attached hydrogen (secondary N) is 1. The van der Waals surface area contributed by atoms with Crippen LogP contribution in [0.4, 0.5) is 5.82 Å². The summed E-state index contributed by atoms with van der Waals surface area (Å²) in [4.78, 5) is 14.7. The first-order chi connectivity index (χ1) is 14.2. The van der Waals surface area contributed by atoms with Crippen molar-refractivity contribution >= 4 is 51.8 Å². The summed E-state index contributed by atoms with van der Waals surface area (Å²) < 4.78 is 8.30. The number of anilines is 1. The lowest BCUT2D eigenvalue weighted by molar-refractivity contribution is -0.117. The van der Waals surface area contributed by atoms with Gasteiger partial charge in [-0.2, -0.15) is 8.75 Å². The average molecular weight is 427 g/mol. The molecule has 0 atom stereocenters. The van der Waals surface area contributed by atoms with Crippen molar-refractivity contribution in [3.05, 3.63) is 58.9 Å². The van der Waals surface area contributed by atoms with Crippen molar-refractivity contribution in [1.29, 1.82) is 0 Å². The Bertz CT molecular complexity index is 1090. The number of halogens is 1. The number of carbonyl (C=O) groups is 1. The molecule has 0 radical (unpaired) electrons. The van der Waals surface area contributed by atoms with Crippen LogP contribution < -0.4 is 10.3 Å². The topological polar surface area (TPSA) is 64.6 Å². The van der Waals surface area contributed by atoms with Crippen molar-refractivity contribution < 1.29 is 4.79 Å². The van der Waals surface area contributed by atoms with E-state index >= 15 is 0 Å². The number of hydrazine groups is 2. The Morgan fingerprint density at radius 2 is 1.83 bits per heavy atom. The van der Waals surface area contributed by atoms with Crippen LogP contribution in [0.15, 0.2) is 48.2 Å². The Labute approximate surface area is 177 Å². The van der Waals surface area contributed by atoms with Gasteiger partial charge < -0.3 is 10.3 Å². The Balaban J connectivity index is 1.26. The molecule has 29 heavy (non-hydrogen) atoms. The fourth-order valence-corrected chi connectivity index (χ4v) is 4.50. The molecule has 7 nitrogen and oxygen atoms in total. The lowest BCUT2D eigenvalue weighted by atomic mass is 10.1. The molecule has 148 valence electrons. The summed E-state index contributed by atoms with van der Waals surface area (Å²) in [6.45, 7) is 3.44. The Kier molecular flexibility index (Phi) is 4.92. The van der Waals surface area contributed by atoms with E-state index in [-0.39, 0.29) is 5.78 Å². The molecule has 2 aliphatic heterocycles. The zero-order valence-electron chi connectivity index (χ0n) is 15.6. The van der Waals surface area contributed by atoms with Gasteiger partial charge in [0.1, 0.15) is 0 Å². The fraction of sp³-hybridized carbons (Fsp3) is 0.250. The van der Waals surface area contributed by atoms with Crippen molar-refractivity contribution in [2.24, 2.45) is 0 Å². The number of Topliss-reactive ketones (excluding diaryl/α,β-unsaturated/α-hetero) is 1. The Hall–Kier alpha value is -2.52. The molecule has 3 aromatic rings. The second-order valence-electron chi connectivity index (χ2n) is 7.08. The Morgan fingerprint density at radius 1 is 1.03 bits per heavy atom. The highest BCUT2D eigenvalue weighted by Gasteiger charge is 2.31. The largest absolute Gasteiger partial charge is 0.350 e. The van der Waals surface area contributed by atoms with Gasteiger partial charge in [-0.05, 0) is 28.5 Å². The van der Waals surface area contributed by atoms with Gasteiger partial charge >= 0.3 is 0 Å². The maximum Gasteiger partial charge on any atom is 0.197 e. The molecule has 0 amide bonds. The second kappa shape index (κ2) is 7.72. The van der Waals surface area contributed by atoms with E-state index in [1.807, 2.05) is 29.4 Å². The number of benzene rings is 2. The average Bonchev–Trinajstić information content (AvgIpc) is 3.34. The highest BCUT2D eigenvalue weighted by molar-refractivity contribution is 6.99. The summed E-state index contributed by atoms with van der Waals surface area (Å²) in [5, 5.41) is 6.88. The van der Waals surface area contributed by atoms with Gasteiger partial charge in [0.2, 0.25) is 0 Å². The number of hydrogen-bond acceptors (Lipinski definition) is 8. The van der Waals surface area contributed by atoms with E-state index in [0.717, 1.165) is 54.7 Å². The number of rotatable bonds is 3. The molecule has 2 aliphatic rings. The maximum absolute atomic E-state index is 12.5. The number of carbonyl (C=O) groups excluding carboxylic acids is 1. The zero-order valence-corrected chi connectivity index (χ0v) is 17.2. The third-order valence-corrected chi connectivity index (χ3v) is 6.13. The Morgan fingerprint density at radius 3 is 2.59 bits per heavy atom. The van der Waals surface area contributed by atoms with E-state index in [0.29, 0.717) is 17.4 Å². The summed E-state index contributed by atoms with van der Waals surface area (Å²) in [5.74, 6) is 0.839. The van der Waals surface area contributed by atoms with Crippen molar-refractivity contribution in [2.75, 3.05) is 37.6 Å². The van der Waals surface area contributed by atoms with Crippen molar-refractivity contribution in [1.82, 2.24) is 24.3 Å². The molecule has 0 saturated carbocycles. The lowest BCUT2D eigenvalue weighted by Gasteiger charge is -2.38. The van der Waals surface area contributed by atoms with E-state index in [9.17, 15) is 4.79 Å². The first kappa shape index (κ1) is 18.5. The summed E-state index contributed by atoms with van der Waals surface area (Å²) in [6, 6.07) is 14.4. The van der Waals surface area contributed by atoms with Gasteiger partial charge in [0.05, 0.1) is 24.0 Å². The summed E-state index contributed by atoms with van der Waals surface area (Å²) in [7, 11) is 0. The second-order valence-corrected chi connectivity index (χ2v) is 7.96. The number of piperazine rings is 1. The number of aromatic nitrogens is 2. The molecule has 0 spiro atoms. The molecule has 2 fully saturated rings. The minimum Gasteiger partial charge on any atom is -0.350 e. The number of hydrogen-bond donors (Lipinski definition) is 1. The molecule has 2 aromatic carbocycles. The first-order valence-corrected chi connectivity index (χ1v) is 10.5. The highest BCUT2D eigenvalue weighted by atomic mass is 35.5. The molecule has 0 aliphatic carbocycles. The number of fused-ring (bicyclic) bond motifs is 1. The fourth-order valence-electron chi connectivity index (χ4n) is 3.72. The van der Waals surface area contributed by atoms with Gasteiger partial charge in [0.15, 0.2) is 16.8 Å². The SMILES string of the molecule is O=C1CN(N2CCN(c3nsnc3Cl)CC2)NC1=Cc1ccc2ccccc2c1. The minimum atomic E-state index is 0.0901. The van der Waals surface area contributed by atoms with E-state index in [1.54, 1.807) is 0 Å². The molecule has 9 heteroatoms. The summed E-state index contributed by atoms with van der Waals surface area (Å²) in [5.41, 5.74) is 4.90. The predicted molar refractivity (Wildman–Crippen MR) is 115 cm³/mol. The normalized spacial score (nSPS) is 20.0. The van der Waals surface area contributed by atoms with Crippen LogP contribution in [-0.2, 0) is 4.79 Å². The van der Waals surface area contributed by atoms with Gasteiger partial charge in [-0.3, -0.25) is 4.79 Å². The van der Waals surface area contributed by atoms with E-state index < -0.39 is 0 Å². The van der Waals surface area contributed by atoms with Crippen LogP contribution in [0, 0.1) is 0 Å². The molecule has 3 heterocycles. The van der Waals surface area contributed by atoms with Crippen LogP contribution in [0.25, 0.3) is 16.8 Å². The van der Waals surface area contributed by atoms with Crippen LogP contribution in [0.1, 0.15) is 5.56 Å². The standard InChI is InChI=1S/C20H19ClN6OS/c21-19-20(24-29-23-19)25-7-9-26(10-8-25)27-13-18(28)17(22-27)12-14-5-6-15-3-1-2-4-16(15)11-14/h1-6,11-12,22H,7-10,13H2. The highest BCUT2D eigenvalue weighted by Crippen LogP contribution is 2.25. The van der Waals surface area contributed by atoms with E-state index in [1.165, 1.54) is 5.39 Å². The quantitative estimate of drug-likeness (QED) is 0.646. The zero-order chi connectivity index (χ0) is 19.8. The molecule has 0 unspecified atom stereocenters. The van der Waals surface area contributed by atoms with Crippen LogP contribution in [0.5, 0.6) is 0 Å². The molecular formula is C20H19ClN6OS. The minimum absolute atomic E-state index is 0.0901. The summed E-state index contributed by atoms with van der Waals surface area (Å²) >= 11 is 7.22. The number of nitrogens with zero attached hydrogens (tertiary/aromatic N) is 5. The van der Waals surface area contributed by atoms with Crippen LogP contribution in [-0.4, -0.2) is 57.4 Å². The smallest absolute Gasteiger partial charge is 0.197 e. The summed E-state index contributed by atoms with van der Waals surface area (Å²) in [6.07, 6.45) is 1.92. The molecular weight excluding hydrogens is 408 g/mol.